The molecule has 0 bridgehead atoms. The minimum absolute atomic E-state index is 0.0131. The van der Waals surface area contributed by atoms with Crippen LogP contribution in [0.15, 0.2) is 29.6 Å². The van der Waals surface area contributed by atoms with Gasteiger partial charge in [-0.2, -0.15) is 5.10 Å². The van der Waals surface area contributed by atoms with E-state index in [1.165, 1.54) is 12.3 Å². The van der Waals surface area contributed by atoms with E-state index in [2.05, 4.69) is 19.9 Å². The van der Waals surface area contributed by atoms with Gasteiger partial charge in [-0.05, 0) is 37.0 Å². The van der Waals surface area contributed by atoms with Gasteiger partial charge in [0.05, 0.1) is 6.20 Å². The molecule has 0 spiro atoms. The fraction of sp³-hybridized carbons (Fsp3) is 0.385. The van der Waals surface area contributed by atoms with Gasteiger partial charge in [-0.1, -0.05) is 6.07 Å². The molecule has 2 aromatic heterocycles. The Bertz CT molecular complexity index is 679. The molecule has 0 saturated heterocycles. The number of sulfonamides is 1. The van der Waals surface area contributed by atoms with Crippen LogP contribution in [-0.4, -0.2) is 30.1 Å². The summed E-state index contributed by atoms with van der Waals surface area (Å²) in [5, 5.41) is 6.80. The van der Waals surface area contributed by atoms with Crippen molar-refractivity contribution >= 4 is 10.0 Å². The van der Waals surface area contributed by atoms with Gasteiger partial charge in [-0.25, -0.2) is 18.1 Å². The number of nitrogens with zero attached hydrogens (tertiary/aromatic N) is 2. The maximum Gasteiger partial charge on any atom is 0.258 e. The number of aryl methyl sites for hydroxylation is 2. The van der Waals surface area contributed by atoms with E-state index >= 15 is 0 Å². The molecule has 7 nitrogen and oxygen atoms in total. The zero-order valence-corrected chi connectivity index (χ0v) is 12.7. The van der Waals surface area contributed by atoms with Crippen LogP contribution in [0.1, 0.15) is 23.2 Å². The van der Waals surface area contributed by atoms with Crippen LogP contribution in [0.25, 0.3) is 0 Å². The molecule has 0 aliphatic rings. The zero-order chi connectivity index (χ0) is 15.3. The van der Waals surface area contributed by atoms with Gasteiger partial charge in [-0.15, -0.1) is 0 Å². The minimum atomic E-state index is -3.56. The number of rotatable bonds is 7. The summed E-state index contributed by atoms with van der Waals surface area (Å²) < 4.78 is 26.6. The number of aromatic nitrogens is 3. The lowest BCUT2D eigenvalue weighted by atomic mass is 10.1. The van der Waals surface area contributed by atoms with E-state index in [0.717, 1.165) is 23.2 Å². The molecule has 114 valence electrons. The first-order valence-electron chi connectivity index (χ1n) is 6.66. The van der Waals surface area contributed by atoms with Crippen molar-refractivity contribution in [2.24, 2.45) is 5.73 Å². The van der Waals surface area contributed by atoms with Gasteiger partial charge < -0.3 is 5.73 Å². The molecule has 4 N–H and O–H groups in total. The fourth-order valence-corrected chi connectivity index (χ4v) is 2.88. The summed E-state index contributed by atoms with van der Waals surface area (Å²) in [6.45, 7) is 2.63. The molecule has 0 aromatic carbocycles. The third-order valence-electron chi connectivity index (χ3n) is 3.16. The predicted molar refractivity (Wildman–Crippen MR) is 79.0 cm³/mol. The van der Waals surface area contributed by atoms with E-state index in [1.807, 2.05) is 6.92 Å². The Labute approximate surface area is 124 Å². The van der Waals surface area contributed by atoms with Gasteiger partial charge in [-0.3, -0.25) is 5.10 Å². The minimum Gasteiger partial charge on any atom is -0.326 e. The van der Waals surface area contributed by atoms with Crippen LogP contribution in [0, 0.1) is 6.92 Å². The maximum atomic E-state index is 12.0. The molecule has 21 heavy (non-hydrogen) atoms. The first kappa shape index (κ1) is 15.6. The molecule has 0 aliphatic heterocycles. The number of aromatic amines is 1. The fourth-order valence-electron chi connectivity index (χ4n) is 1.88. The number of hydrogen-bond acceptors (Lipinski definition) is 5. The lowest BCUT2D eigenvalue weighted by Crippen LogP contribution is -2.26. The van der Waals surface area contributed by atoms with Crippen molar-refractivity contribution in [2.45, 2.75) is 31.3 Å². The molecule has 8 heteroatoms. The van der Waals surface area contributed by atoms with E-state index in [0.29, 0.717) is 19.5 Å². The van der Waals surface area contributed by atoms with Crippen molar-refractivity contribution in [3.05, 3.63) is 41.3 Å². The Hall–Kier alpha value is -1.77. The van der Waals surface area contributed by atoms with Crippen LogP contribution in [0.4, 0.5) is 0 Å². The van der Waals surface area contributed by atoms with Crippen molar-refractivity contribution in [3.63, 3.8) is 0 Å². The lowest BCUT2D eigenvalue weighted by molar-refractivity contribution is 0.575. The number of pyridine rings is 1. The number of nitrogens with one attached hydrogen (secondary N) is 2. The molecule has 0 saturated carbocycles. The average Bonchev–Trinajstić information content (AvgIpc) is 2.89. The highest BCUT2D eigenvalue weighted by molar-refractivity contribution is 7.89. The van der Waals surface area contributed by atoms with Gasteiger partial charge in [0.25, 0.3) is 10.0 Å². The zero-order valence-electron chi connectivity index (χ0n) is 11.8. The molecule has 0 fully saturated rings. The molecular formula is C13H19N5O2S. The monoisotopic (exact) mass is 309 g/mol. The topological polar surface area (TPSA) is 114 Å². The summed E-state index contributed by atoms with van der Waals surface area (Å²) in [5.41, 5.74) is 8.36. The Morgan fingerprint density at radius 1 is 1.33 bits per heavy atom. The Morgan fingerprint density at radius 3 is 2.71 bits per heavy atom. The van der Waals surface area contributed by atoms with Crippen molar-refractivity contribution < 1.29 is 8.42 Å². The third kappa shape index (κ3) is 4.10. The summed E-state index contributed by atoms with van der Waals surface area (Å²) in [6.07, 6.45) is 4.70. The number of H-pyrrole nitrogens is 1. The largest absolute Gasteiger partial charge is 0.326 e. The van der Waals surface area contributed by atoms with Crippen molar-refractivity contribution in [1.82, 2.24) is 19.9 Å². The molecular weight excluding hydrogens is 290 g/mol. The summed E-state index contributed by atoms with van der Waals surface area (Å²) in [7, 11) is -3.56. The Kier molecular flexibility index (Phi) is 5.05. The summed E-state index contributed by atoms with van der Waals surface area (Å²) in [4.78, 5) is 3.92. The Morgan fingerprint density at radius 2 is 2.14 bits per heavy atom. The molecule has 2 heterocycles. The molecule has 0 amide bonds. The second kappa shape index (κ2) is 6.79. The smallest absolute Gasteiger partial charge is 0.258 e. The molecule has 0 atom stereocenters. The van der Waals surface area contributed by atoms with Gasteiger partial charge >= 0.3 is 0 Å². The van der Waals surface area contributed by atoms with E-state index in [9.17, 15) is 8.42 Å². The summed E-state index contributed by atoms with van der Waals surface area (Å²) in [5.74, 6) is 0. The summed E-state index contributed by atoms with van der Waals surface area (Å²) >= 11 is 0. The van der Waals surface area contributed by atoms with Crippen LogP contribution < -0.4 is 10.5 Å². The van der Waals surface area contributed by atoms with Crippen molar-refractivity contribution in [2.75, 3.05) is 6.54 Å². The van der Waals surface area contributed by atoms with Gasteiger partial charge in [0.1, 0.15) is 0 Å². The van der Waals surface area contributed by atoms with Crippen molar-refractivity contribution in [3.8, 4) is 0 Å². The normalized spacial score (nSPS) is 11.7. The number of nitrogens with two attached hydrogens (primary N) is 1. The number of hydrogen-bond donors (Lipinski definition) is 3. The highest BCUT2D eigenvalue weighted by Crippen LogP contribution is 2.08. The third-order valence-corrected chi connectivity index (χ3v) is 4.53. The second-order valence-electron chi connectivity index (χ2n) is 4.73. The molecule has 0 aliphatic carbocycles. The van der Waals surface area contributed by atoms with Crippen LogP contribution in [0.3, 0.4) is 0 Å². The van der Waals surface area contributed by atoms with Gasteiger partial charge in [0.2, 0.25) is 0 Å². The van der Waals surface area contributed by atoms with Crippen LogP contribution in [-0.2, 0) is 23.0 Å². The Balaban J connectivity index is 1.87. The SMILES string of the molecule is Cc1[nH]ncc1CCCNS(=O)(=O)c1ccc(CN)cn1. The standard InChI is InChI=1S/C13H19N5O2S/c1-10-12(9-16-18-10)3-2-6-17-21(19,20)13-5-4-11(7-14)8-15-13/h4-5,8-9,17H,2-3,6-7,14H2,1H3,(H,16,18). The summed E-state index contributed by atoms with van der Waals surface area (Å²) in [6, 6.07) is 3.13. The first-order valence-corrected chi connectivity index (χ1v) is 8.15. The van der Waals surface area contributed by atoms with E-state index in [-0.39, 0.29) is 5.03 Å². The average molecular weight is 309 g/mol. The maximum absolute atomic E-state index is 12.0. The predicted octanol–water partition coefficient (Wildman–Crippen LogP) is 0.483. The van der Waals surface area contributed by atoms with E-state index in [4.69, 9.17) is 5.73 Å². The molecule has 0 radical (unpaired) electrons. The lowest BCUT2D eigenvalue weighted by Gasteiger charge is -2.06. The van der Waals surface area contributed by atoms with Crippen LogP contribution in [0.2, 0.25) is 0 Å². The van der Waals surface area contributed by atoms with Gasteiger partial charge in [0.15, 0.2) is 5.03 Å². The molecule has 2 aromatic rings. The van der Waals surface area contributed by atoms with Gasteiger partial charge in [0, 0.05) is 25.0 Å². The van der Waals surface area contributed by atoms with E-state index in [1.54, 1.807) is 12.3 Å². The van der Waals surface area contributed by atoms with E-state index < -0.39 is 10.0 Å². The highest BCUT2D eigenvalue weighted by atomic mass is 32.2. The second-order valence-corrected chi connectivity index (χ2v) is 6.44. The first-order chi connectivity index (χ1) is 10.0. The van der Waals surface area contributed by atoms with Crippen molar-refractivity contribution in [1.29, 1.82) is 0 Å². The molecule has 0 unspecified atom stereocenters. The van der Waals surface area contributed by atoms with Crippen LogP contribution in [0.5, 0.6) is 0 Å². The quantitative estimate of drug-likeness (QED) is 0.644. The molecule has 2 rings (SSSR count). The van der Waals surface area contributed by atoms with Crippen LogP contribution >= 0.6 is 0 Å². The highest BCUT2D eigenvalue weighted by Gasteiger charge is 2.14.